The number of fused-ring (bicyclic) bond motifs is 1. The van der Waals surface area contributed by atoms with Crippen LogP contribution in [0.3, 0.4) is 0 Å². The SMILES string of the molecule is CCOC(=O)C1=C(C)N=c2s/c(=C/c3cc(Cl)ccc3OCC)c(=O)n2[C@@H]1c1ccc(OCC(=O)OC)c(OCC)c1. The zero-order valence-electron chi connectivity index (χ0n) is 23.9. The molecular formula is C30H31ClN2O8S. The molecular weight excluding hydrogens is 584 g/mol. The van der Waals surface area contributed by atoms with Gasteiger partial charge in [-0.25, -0.2) is 14.6 Å². The Morgan fingerprint density at radius 3 is 2.40 bits per heavy atom. The number of carbonyl (C=O) groups is 2. The van der Waals surface area contributed by atoms with Crippen LogP contribution in [-0.4, -0.2) is 50.0 Å². The van der Waals surface area contributed by atoms with Crippen molar-refractivity contribution in [2.45, 2.75) is 33.7 Å². The number of hydrogen-bond donors (Lipinski definition) is 0. The number of nitrogens with zero attached hydrogens (tertiary/aromatic N) is 2. The maximum Gasteiger partial charge on any atom is 0.343 e. The minimum atomic E-state index is -0.873. The van der Waals surface area contributed by atoms with Gasteiger partial charge in [-0.3, -0.25) is 9.36 Å². The summed E-state index contributed by atoms with van der Waals surface area (Å²) in [6, 6.07) is 9.33. The molecule has 3 aromatic rings. The molecule has 0 amide bonds. The molecule has 0 bridgehead atoms. The first-order chi connectivity index (χ1) is 20.2. The van der Waals surface area contributed by atoms with Gasteiger partial charge in [0.05, 0.1) is 48.8 Å². The molecule has 1 aromatic heterocycles. The van der Waals surface area contributed by atoms with Crippen LogP contribution >= 0.6 is 22.9 Å². The Morgan fingerprint density at radius 1 is 1.00 bits per heavy atom. The minimum absolute atomic E-state index is 0.145. The molecule has 0 spiro atoms. The number of thiazole rings is 1. The van der Waals surface area contributed by atoms with Crippen LogP contribution in [0.4, 0.5) is 0 Å². The smallest absolute Gasteiger partial charge is 0.343 e. The van der Waals surface area contributed by atoms with Crippen molar-refractivity contribution in [1.82, 2.24) is 4.57 Å². The second-order valence-corrected chi connectivity index (χ2v) is 10.4. The Bertz CT molecular complexity index is 1710. The maximum atomic E-state index is 14.0. The molecule has 1 aliphatic rings. The minimum Gasteiger partial charge on any atom is -0.493 e. The van der Waals surface area contributed by atoms with E-state index in [0.717, 1.165) is 0 Å². The summed E-state index contributed by atoms with van der Waals surface area (Å²) in [6.07, 6.45) is 1.70. The molecule has 0 saturated carbocycles. The lowest BCUT2D eigenvalue weighted by molar-refractivity contribution is -0.143. The number of allylic oxidation sites excluding steroid dienone is 1. The molecule has 0 aliphatic carbocycles. The molecule has 42 heavy (non-hydrogen) atoms. The quantitative estimate of drug-likeness (QED) is 0.300. The first kappa shape index (κ1) is 30.9. The van der Waals surface area contributed by atoms with E-state index in [1.165, 1.54) is 23.0 Å². The first-order valence-corrected chi connectivity index (χ1v) is 14.5. The highest BCUT2D eigenvalue weighted by Crippen LogP contribution is 2.36. The fraction of sp³-hybridized carbons (Fsp3) is 0.333. The standard InChI is InChI=1S/C30H31ClN2O8S/c1-6-38-21-12-10-20(31)13-19(21)15-24-28(35)33-27(26(29(36)40-8-3)17(4)32-30(33)42-24)18-9-11-22(23(14-18)39-7-2)41-16-25(34)37-5/h9-15,27H,6-8,16H2,1-5H3/b24-15+/t27-/m1/s1. The average molecular weight is 615 g/mol. The zero-order valence-corrected chi connectivity index (χ0v) is 25.5. The van der Waals surface area contributed by atoms with E-state index in [-0.39, 0.29) is 24.3 Å². The highest BCUT2D eigenvalue weighted by molar-refractivity contribution is 7.07. The lowest BCUT2D eigenvalue weighted by Crippen LogP contribution is -2.40. The van der Waals surface area contributed by atoms with Gasteiger partial charge in [0.1, 0.15) is 5.75 Å². The van der Waals surface area contributed by atoms with Crippen LogP contribution < -0.4 is 29.1 Å². The summed E-state index contributed by atoms with van der Waals surface area (Å²) in [5, 5.41) is 0.494. The van der Waals surface area contributed by atoms with Gasteiger partial charge in [-0.15, -0.1) is 0 Å². The Balaban J connectivity index is 1.92. The molecule has 0 fully saturated rings. The van der Waals surface area contributed by atoms with Crippen molar-refractivity contribution in [2.75, 3.05) is 33.5 Å². The number of benzene rings is 2. The molecule has 2 aromatic carbocycles. The summed E-state index contributed by atoms with van der Waals surface area (Å²) < 4.78 is 29.0. The number of hydrogen-bond acceptors (Lipinski definition) is 10. The van der Waals surface area contributed by atoms with Gasteiger partial charge in [0.15, 0.2) is 22.9 Å². The molecule has 2 heterocycles. The van der Waals surface area contributed by atoms with Crippen LogP contribution in [0.1, 0.15) is 44.9 Å². The Morgan fingerprint density at radius 2 is 1.71 bits per heavy atom. The third-order valence-electron chi connectivity index (χ3n) is 6.23. The van der Waals surface area contributed by atoms with Gasteiger partial charge in [-0.2, -0.15) is 0 Å². The molecule has 0 saturated heterocycles. The summed E-state index contributed by atoms with van der Waals surface area (Å²) >= 11 is 7.44. The van der Waals surface area contributed by atoms with Gasteiger partial charge in [-0.1, -0.05) is 29.0 Å². The number of rotatable bonds is 11. The van der Waals surface area contributed by atoms with Crippen LogP contribution in [0, 0.1) is 0 Å². The van der Waals surface area contributed by atoms with Crippen molar-refractivity contribution in [3.8, 4) is 17.2 Å². The number of ether oxygens (including phenoxy) is 5. The molecule has 12 heteroatoms. The Labute approximate surface area is 251 Å². The highest BCUT2D eigenvalue weighted by Gasteiger charge is 2.34. The monoisotopic (exact) mass is 614 g/mol. The van der Waals surface area contributed by atoms with Crippen molar-refractivity contribution in [3.63, 3.8) is 0 Å². The van der Waals surface area contributed by atoms with E-state index in [1.54, 1.807) is 63.2 Å². The third-order valence-corrected chi connectivity index (χ3v) is 7.45. The highest BCUT2D eigenvalue weighted by atomic mass is 35.5. The second kappa shape index (κ2) is 13.7. The van der Waals surface area contributed by atoms with Gasteiger partial charge in [-0.05, 0) is 69.7 Å². The predicted octanol–water partition coefficient (Wildman–Crippen LogP) is 3.80. The van der Waals surface area contributed by atoms with Gasteiger partial charge in [0, 0.05) is 10.6 Å². The van der Waals surface area contributed by atoms with Crippen molar-refractivity contribution in [2.24, 2.45) is 4.99 Å². The van der Waals surface area contributed by atoms with Crippen LogP contribution in [0.2, 0.25) is 5.02 Å². The normalized spacial score (nSPS) is 14.6. The molecule has 0 radical (unpaired) electrons. The first-order valence-electron chi connectivity index (χ1n) is 13.3. The summed E-state index contributed by atoms with van der Waals surface area (Å²) in [7, 11) is 1.27. The average Bonchev–Trinajstić information content (AvgIpc) is 3.27. The van der Waals surface area contributed by atoms with E-state index >= 15 is 0 Å². The Kier molecular flexibility index (Phi) is 10.1. The number of halogens is 1. The van der Waals surface area contributed by atoms with Gasteiger partial charge in [0.2, 0.25) is 0 Å². The van der Waals surface area contributed by atoms with E-state index in [9.17, 15) is 14.4 Å². The number of methoxy groups -OCH3 is 1. The lowest BCUT2D eigenvalue weighted by Gasteiger charge is -2.25. The number of esters is 2. The van der Waals surface area contributed by atoms with E-state index in [2.05, 4.69) is 9.73 Å². The van der Waals surface area contributed by atoms with Crippen molar-refractivity contribution >= 4 is 41.0 Å². The van der Waals surface area contributed by atoms with Crippen molar-refractivity contribution in [3.05, 3.63) is 83.5 Å². The fourth-order valence-electron chi connectivity index (χ4n) is 4.45. The maximum absolute atomic E-state index is 14.0. The summed E-state index contributed by atoms with van der Waals surface area (Å²) in [6.45, 7) is 7.67. The summed E-state index contributed by atoms with van der Waals surface area (Å²) in [4.78, 5) is 43.9. The van der Waals surface area contributed by atoms with Gasteiger partial charge < -0.3 is 23.7 Å². The van der Waals surface area contributed by atoms with Crippen molar-refractivity contribution in [1.29, 1.82) is 0 Å². The molecule has 0 N–H and O–H groups in total. The predicted molar refractivity (Wildman–Crippen MR) is 158 cm³/mol. The van der Waals surface area contributed by atoms with Gasteiger partial charge >= 0.3 is 11.9 Å². The van der Waals surface area contributed by atoms with E-state index < -0.39 is 18.0 Å². The largest absolute Gasteiger partial charge is 0.493 e. The third kappa shape index (κ3) is 6.52. The molecule has 10 nitrogen and oxygen atoms in total. The Hall–Kier alpha value is -4.09. The summed E-state index contributed by atoms with van der Waals surface area (Å²) in [5.41, 5.74) is 1.49. The molecule has 1 atom stereocenters. The van der Waals surface area contributed by atoms with Crippen LogP contribution in [0.15, 0.2) is 57.5 Å². The fourth-order valence-corrected chi connectivity index (χ4v) is 5.66. The second-order valence-electron chi connectivity index (χ2n) is 8.92. The molecule has 1 aliphatic heterocycles. The van der Waals surface area contributed by atoms with Crippen LogP contribution in [0.5, 0.6) is 17.2 Å². The molecule has 222 valence electrons. The van der Waals surface area contributed by atoms with Crippen molar-refractivity contribution < 1.29 is 33.3 Å². The topological polar surface area (TPSA) is 115 Å². The van der Waals surface area contributed by atoms with E-state index in [1.807, 2.05) is 6.92 Å². The van der Waals surface area contributed by atoms with E-state index in [0.29, 0.717) is 61.6 Å². The zero-order chi connectivity index (χ0) is 30.4. The summed E-state index contributed by atoms with van der Waals surface area (Å²) in [5.74, 6) is 0.0801. The van der Waals surface area contributed by atoms with Gasteiger partial charge in [0.25, 0.3) is 5.56 Å². The van der Waals surface area contributed by atoms with Crippen LogP contribution in [0.25, 0.3) is 6.08 Å². The van der Waals surface area contributed by atoms with E-state index in [4.69, 9.17) is 30.5 Å². The molecule has 0 unspecified atom stereocenters. The number of carbonyl (C=O) groups excluding carboxylic acids is 2. The number of aromatic nitrogens is 1. The van der Waals surface area contributed by atoms with Crippen LogP contribution in [-0.2, 0) is 19.1 Å². The lowest BCUT2D eigenvalue weighted by atomic mass is 9.95. The molecule has 4 rings (SSSR count).